The number of hydrogen-bond acceptors (Lipinski definition) is 7. The topological polar surface area (TPSA) is 96.0 Å². The summed E-state index contributed by atoms with van der Waals surface area (Å²) in [5, 5.41) is 0.0801. The second-order valence-electron chi connectivity index (χ2n) is 7.56. The van der Waals surface area contributed by atoms with Crippen LogP contribution in [0, 0.1) is 0 Å². The zero-order valence-corrected chi connectivity index (χ0v) is 20.2. The molecule has 2 rings (SSSR count). The third kappa shape index (κ3) is 7.65. The van der Waals surface area contributed by atoms with E-state index in [1.165, 1.54) is 63.3 Å². The molecule has 0 aliphatic rings. The molecule has 8 heteroatoms. The van der Waals surface area contributed by atoms with Crippen molar-refractivity contribution in [2.45, 2.75) is 20.8 Å². The molecule has 0 saturated carbocycles. The zero-order chi connectivity index (χ0) is 26.3. The van der Waals surface area contributed by atoms with Crippen LogP contribution in [0.2, 0.25) is 5.02 Å². The maximum absolute atomic E-state index is 12.6. The number of halogens is 1. The Bertz CT molecular complexity index is 1280. The molecular formula is C27H23ClO7. The number of hydrogen-bond donors (Lipinski definition) is 0. The van der Waals surface area contributed by atoms with E-state index in [0.29, 0.717) is 5.56 Å². The SMILES string of the molecule is C=C(C)C(=O)Oc1ccc(C(=O)C=Cc2ccc(OC(=O)C(=C)C)c(OC(=O)C(=C)C)c2)cc1Cl. The first kappa shape index (κ1) is 27.0. The fourth-order valence-electron chi connectivity index (χ4n) is 2.36. The number of carbonyl (C=O) groups excluding carboxylic acids is 4. The normalized spacial score (nSPS) is 10.4. The molecular weight excluding hydrogens is 472 g/mol. The third-order valence-corrected chi connectivity index (χ3v) is 4.56. The average molecular weight is 495 g/mol. The van der Waals surface area contributed by atoms with Gasteiger partial charge < -0.3 is 14.2 Å². The van der Waals surface area contributed by atoms with Crippen LogP contribution in [0.4, 0.5) is 0 Å². The average Bonchev–Trinajstić information content (AvgIpc) is 2.79. The lowest BCUT2D eigenvalue weighted by Crippen LogP contribution is -2.12. The Balaban J connectivity index is 2.27. The van der Waals surface area contributed by atoms with Gasteiger partial charge >= 0.3 is 17.9 Å². The maximum atomic E-state index is 12.6. The number of esters is 3. The van der Waals surface area contributed by atoms with Crippen molar-refractivity contribution >= 4 is 41.4 Å². The highest BCUT2D eigenvalue weighted by atomic mass is 35.5. The predicted molar refractivity (Wildman–Crippen MR) is 133 cm³/mol. The van der Waals surface area contributed by atoms with Gasteiger partial charge in [-0.25, -0.2) is 14.4 Å². The highest BCUT2D eigenvalue weighted by molar-refractivity contribution is 6.32. The summed E-state index contributed by atoms with van der Waals surface area (Å²) in [5.41, 5.74) is 1.25. The van der Waals surface area contributed by atoms with E-state index in [-0.39, 0.29) is 50.3 Å². The Morgan fingerprint density at radius 2 is 1.20 bits per heavy atom. The Kier molecular flexibility index (Phi) is 9.08. The lowest BCUT2D eigenvalue weighted by Gasteiger charge is -2.11. The van der Waals surface area contributed by atoms with E-state index in [4.69, 9.17) is 25.8 Å². The molecule has 0 aliphatic carbocycles. The molecule has 0 aromatic heterocycles. The molecule has 0 radical (unpaired) electrons. The fourth-order valence-corrected chi connectivity index (χ4v) is 2.58. The van der Waals surface area contributed by atoms with Gasteiger partial charge in [0.05, 0.1) is 5.02 Å². The molecule has 0 fully saturated rings. The molecule has 0 aliphatic heterocycles. The molecule has 0 amide bonds. The maximum Gasteiger partial charge on any atom is 0.338 e. The molecule has 0 N–H and O–H groups in total. The van der Waals surface area contributed by atoms with E-state index in [2.05, 4.69) is 19.7 Å². The summed E-state index contributed by atoms with van der Waals surface area (Å²) in [6.07, 6.45) is 2.76. The smallest absolute Gasteiger partial charge is 0.338 e. The molecule has 0 spiro atoms. The van der Waals surface area contributed by atoms with Crippen molar-refractivity contribution in [1.82, 2.24) is 0 Å². The highest BCUT2D eigenvalue weighted by Gasteiger charge is 2.16. The summed E-state index contributed by atoms with van der Waals surface area (Å²) in [5.74, 6) is -2.35. The minimum Gasteiger partial charge on any atom is -0.422 e. The Morgan fingerprint density at radius 3 is 1.71 bits per heavy atom. The molecule has 2 aromatic rings. The van der Waals surface area contributed by atoms with Crippen molar-refractivity contribution in [2.75, 3.05) is 0 Å². The molecule has 0 saturated heterocycles. The lowest BCUT2D eigenvalue weighted by molar-refractivity contribution is -0.132. The third-order valence-electron chi connectivity index (χ3n) is 4.26. The van der Waals surface area contributed by atoms with Gasteiger partial charge in [0.2, 0.25) is 0 Å². The summed E-state index contributed by atoms with van der Waals surface area (Å²) < 4.78 is 15.6. The number of allylic oxidation sites excluding steroid dienone is 1. The van der Waals surface area contributed by atoms with Crippen LogP contribution < -0.4 is 14.2 Å². The van der Waals surface area contributed by atoms with E-state index in [0.717, 1.165) is 0 Å². The Morgan fingerprint density at radius 1 is 0.714 bits per heavy atom. The number of rotatable bonds is 9. The van der Waals surface area contributed by atoms with E-state index < -0.39 is 17.9 Å². The van der Waals surface area contributed by atoms with Gasteiger partial charge in [-0.1, -0.05) is 43.5 Å². The second-order valence-corrected chi connectivity index (χ2v) is 7.97. The first-order valence-electron chi connectivity index (χ1n) is 10.2. The van der Waals surface area contributed by atoms with E-state index >= 15 is 0 Å². The molecule has 0 unspecified atom stereocenters. The lowest BCUT2D eigenvalue weighted by atomic mass is 10.1. The van der Waals surface area contributed by atoms with Gasteiger partial charge in [0.15, 0.2) is 17.3 Å². The zero-order valence-electron chi connectivity index (χ0n) is 19.5. The summed E-state index contributed by atoms with van der Waals surface area (Å²) >= 11 is 6.13. The van der Waals surface area contributed by atoms with E-state index in [9.17, 15) is 19.2 Å². The quantitative estimate of drug-likeness (QED) is 0.191. The van der Waals surface area contributed by atoms with E-state index in [1.54, 1.807) is 6.07 Å². The second kappa shape index (κ2) is 11.8. The molecule has 0 atom stereocenters. The van der Waals surface area contributed by atoms with Crippen molar-refractivity contribution in [3.05, 3.63) is 95.1 Å². The Labute approximate surface area is 207 Å². The molecule has 0 heterocycles. The molecule has 0 bridgehead atoms. The summed E-state index contributed by atoms with van der Waals surface area (Å²) in [6, 6.07) is 8.65. The van der Waals surface area contributed by atoms with Gasteiger partial charge in [-0.3, -0.25) is 4.79 Å². The molecule has 180 valence electrons. The summed E-state index contributed by atoms with van der Waals surface area (Å²) in [4.78, 5) is 48.2. The van der Waals surface area contributed by atoms with Crippen LogP contribution in [-0.4, -0.2) is 23.7 Å². The van der Waals surface area contributed by atoms with Gasteiger partial charge in [-0.15, -0.1) is 0 Å². The van der Waals surface area contributed by atoms with Crippen LogP contribution in [0.15, 0.2) is 78.9 Å². The van der Waals surface area contributed by atoms with Gasteiger partial charge in [-0.05, 0) is 62.7 Å². The Hall–Kier alpha value is -4.23. The van der Waals surface area contributed by atoms with Crippen LogP contribution in [0.25, 0.3) is 6.08 Å². The monoisotopic (exact) mass is 494 g/mol. The fraction of sp³-hybridized carbons (Fsp3) is 0.111. The van der Waals surface area contributed by atoms with Crippen LogP contribution >= 0.6 is 11.6 Å². The standard InChI is InChI=1S/C27H23ClO7/c1-15(2)25(30)33-22-12-9-19(14-20(22)28)21(29)10-7-18-8-11-23(34-26(31)16(3)4)24(13-18)35-27(32)17(5)6/h7-14H,1,3,5H2,2,4,6H3. The largest absolute Gasteiger partial charge is 0.422 e. The highest BCUT2D eigenvalue weighted by Crippen LogP contribution is 2.31. The van der Waals surface area contributed by atoms with Crippen molar-refractivity contribution in [2.24, 2.45) is 0 Å². The number of benzene rings is 2. The molecule has 35 heavy (non-hydrogen) atoms. The number of carbonyl (C=O) groups is 4. The minimum absolute atomic E-state index is 0.00255. The van der Waals surface area contributed by atoms with Crippen molar-refractivity contribution in [3.63, 3.8) is 0 Å². The summed E-state index contributed by atoms with van der Waals surface area (Å²) in [7, 11) is 0. The van der Waals surface area contributed by atoms with Crippen LogP contribution in [0.3, 0.4) is 0 Å². The first-order valence-corrected chi connectivity index (χ1v) is 10.6. The number of ketones is 1. The van der Waals surface area contributed by atoms with Gasteiger partial charge in [0.25, 0.3) is 0 Å². The minimum atomic E-state index is -0.711. The van der Waals surface area contributed by atoms with Gasteiger partial charge in [0.1, 0.15) is 5.75 Å². The van der Waals surface area contributed by atoms with Crippen molar-refractivity contribution in [3.8, 4) is 17.2 Å². The summed E-state index contributed by atoms with van der Waals surface area (Å²) in [6.45, 7) is 15.0. The van der Waals surface area contributed by atoms with Crippen molar-refractivity contribution < 1.29 is 33.4 Å². The van der Waals surface area contributed by atoms with Crippen molar-refractivity contribution in [1.29, 1.82) is 0 Å². The van der Waals surface area contributed by atoms with Crippen LogP contribution in [0.1, 0.15) is 36.7 Å². The first-order chi connectivity index (χ1) is 16.4. The molecule has 7 nitrogen and oxygen atoms in total. The molecule has 2 aromatic carbocycles. The number of ether oxygens (including phenoxy) is 3. The van der Waals surface area contributed by atoms with Crippen LogP contribution in [-0.2, 0) is 14.4 Å². The van der Waals surface area contributed by atoms with E-state index in [1.807, 2.05) is 0 Å². The van der Waals surface area contributed by atoms with Crippen LogP contribution in [0.5, 0.6) is 17.2 Å². The van der Waals surface area contributed by atoms with Gasteiger partial charge in [0, 0.05) is 22.3 Å². The van der Waals surface area contributed by atoms with Gasteiger partial charge in [-0.2, -0.15) is 0 Å². The predicted octanol–water partition coefficient (Wildman–Crippen LogP) is 5.68.